The topological polar surface area (TPSA) is 32.8 Å². The van der Waals surface area contributed by atoms with Crippen molar-refractivity contribution < 1.29 is 9.53 Å². The number of benzene rings is 3. The molecule has 3 aromatic rings. The molecule has 144 valence electrons. The molecule has 4 nitrogen and oxygen atoms in total. The first kappa shape index (κ1) is 19.0. The zero-order valence-corrected chi connectivity index (χ0v) is 17.5. The Morgan fingerprint density at radius 3 is 2.54 bits per heavy atom. The van der Waals surface area contributed by atoms with Gasteiger partial charge in [-0.1, -0.05) is 52.3 Å². The second-order valence-corrected chi connectivity index (χ2v) is 7.97. The molecule has 4 rings (SSSR count). The molecule has 0 bridgehead atoms. The first-order valence-corrected chi connectivity index (χ1v) is 10.3. The quantitative estimate of drug-likeness (QED) is 0.597. The van der Waals surface area contributed by atoms with Crippen LogP contribution in [0, 0.1) is 0 Å². The number of carbonyl (C=O) groups excluding carboxylic acids is 1. The van der Waals surface area contributed by atoms with Gasteiger partial charge in [0.2, 0.25) is 0 Å². The number of rotatable bonds is 4. The van der Waals surface area contributed by atoms with Crippen molar-refractivity contribution in [1.29, 1.82) is 0 Å². The van der Waals surface area contributed by atoms with Crippen molar-refractivity contribution in [2.75, 3.05) is 33.3 Å². The summed E-state index contributed by atoms with van der Waals surface area (Å²) in [5.41, 5.74) is 1.95. The number of hydrogen-bond donors (Lipinski definition) is 0. The van der Waals surface area contributed by atoms with Crippen molar-refractivity contribution in [3.05, 3.63) is 76.3 Å². The number of amides is 1. The molecule has 0 radical (unpaired) electrons. The average Bonchev–Trinajstić information content (AvgIpc) is 2.73. The molecule has 0 aromatic heterocycles. The zero-order valence-electron chi connectivity index (χ0n) is 15.9. The third-order valence-corrected chi connectivity index (χ3v) is 5.81. The molecule has 0 spiro atoms. The number of ether oxygens (including phenoxy) is 1. The van der Waals surface area contributed by atoms with Gasteiger partial charge in [0.25, 0.3) is 5.91 Å². The average molecular weight is 439 g/mol. The van der Waals surface area contributed by atoms with Gasteiger partial charge in [-0.3, -0.25) is 9.69 Å². The Balaban J connectivity index is 1.44. The lowest BCUT2D eigenvalue weighted by atomic mass is 10.0. The van der Waals surface area contributed by atoms with Gasteiger partial charge in [0, 0.05) is 48.3 Å². The van der Waals surface area contributed by atoms with Crippen LogP contribution in [0.4, 0.5) is 0 Å². The van der Waals surface area contributed by atoms with E-state index in [1.165, 1.54) is 0 Å². The van der Waals surface area contributed by atoms with Crippen molar-refractivity contribution in [3.63, 3.8) is 0 Å². The Morgan fingerprint density at radius 1 is 1.00 bits per heavy atom. The number of nitrogens with zero attached hydrogens (tertiary/aromatic N) is 2. The van der Waals surface area contributed by atoms with Crippen LogP contribution in [0.5, 0.6) is 5.75 Å². The molecule has 1 aliphatic rings. The molecule has 0 unspecified atom stereocenters. The molecule has 1 saturated heterocycles. The number of carbonyl (C=O) groups is 1. The Kier molecular flexibility index (Phi) is 5.64. The highest BCUT2D eigenvalue weighted by Crippen LogP contribution is 2.25. The predicted molar refractivity (Wildman–Crippen MR) is 116 cm³/mol. The van der Waals surface area contributed by atoms with Gasteiger partial charge in [-0.2, -0.15) is 0 Å². The van der Waals surface area contributed by atoms with E-state index in [-0.39, 0.29) is 5.91 Å². The molecule has 1 fully saturated rings. The molecule has 5 heteroatoms. The number of halogens is 1. The van der Waals surface area contributed by atoms with Gasteiger partial charge in [0.05, 0.1) is 7.11 Å². The van der Waals surface area contributed by atoms with Crippen LogP contribution in [0.3, 0.4) is 0 Å². The van der Waals surface area contributed by atoms with E-state index >= 15 is 0 Å². The molecule has 1 aliphatic heterocycles. The second-order valence-electron chi connectivity index (χ2n) is 7.05. The number of hydrogen-bond acceptors (Lipinski definition) is 3. The van der Waals surface area contributed by atoms with Gasteiger partial charge in [0.1, 0.15) is 5.75 Å². The van der Waals surface area contributed by atoms with Gasteiger partial charge < -0.3 is 9.64 Å². The predicted octanol–water partition coefficient (Wildman–Crippen LogP) is 4.57. The van der Waals surface area contributed by atoms with E-state index in [2.05, 4.69) is 39.0 Å². The monoisotopic (exact) mass is 438 g/mol. The maximum atomic E-state index is 13.1. The van der Waals surface area contributed by atoms with Gasteiger partial charge in [-0.05, 0) is 35.0 Å². The highest BCUT2D eigenvalue weighted by molar-refractivity contribution is 9.10. The summed E-state index contributed by atoms with van der Waals surface area (Å²) in [4.78, 5) is 17.4. The summed E-state index contributed by atoms with van der Waals surface area (Å²) >= 11 is 3.54. The summed E-state index contributed by atoms with van der Waals surface area (Å²) < 4.78 is 6.54. The largest absolute Gasteiger partial charge is 0.496 e. The highest BCUT2D eigenvalue weighted by Gasteiger charge is 2.23. The molecule has 0 N–H and O–H groups in total. The molecule has 28 heavy (non-hydrogen) atoms. The maximum absolute atomic E-state index is 13.1. The van der Waals surface area contributed by atoms with Crippen molar-refractivity contribution >= 4 is 32.6 Å². The molecule has 1 heterocycles. The van der Waals surface area contributed by atoms with E-state index in [0.29, 0.717) is 0 Å². The fourth-order valence-corrected chi connectivity index (χ4v) is 4.21. The number of methoxy groups -OCH3 is 1. The third-order valence-electron chi connectivity index (χ3n) is 5.32. The van der Waals surface area contributed by atoms with Crippen LogP contribution in [0.25, 0.3) is 10.8 Å². The van der Waals surface area contributed by atoms with Crippen LogP contribution >= 0.6 is 15.9 Å². The van der Waals surface area contributed by atoms with E-state index in [1.54, 1.807) is 7.11 Å². The molecule has 0 aliphatic carbocycles. The molecule has 0 saturated carbocycles. The third kappa shape index (κ3) is 3.91. The molecular formula is C23H23BrN2O2. The van der Waals surface area contributed by atoms with Gasteiger partial charge in [-0.25, -0.2) is 0 Å². The fraction of sp³-hybridized carbons (Fsp3) is 0.261. The minimum atomic E-state index is 0.122. The van der Waals surface area contributed by atoms with Crippen LogP contribution in [0.1, 0.15) is 15.9 Å². The molecular weight excluding hydrogens is 416 g/mol. The van der Waals surface area contributed by atoms with E-state index < -0.39 is 0 Å². The van der Waals surface area contributed by atoms with Gasteiger partial charge >= 0.3 is 0 Å². The fourth-order valence-electron chi connectivity index (χ4n) is 3.80. The minimum Gasteiger partial charge on any atom is -0.496 e. The van der Waals surface area contributed by atoms with Crippen LogP contribution in [-0.2, 0) is 6.54 Å². The minimum absolute atomic E-state index is 0.122. The number of fused-ring (bicyclic) bond motifs is 1. The van der Waals surface area contributed by atoms with E-state index in [0.717, 1.165) is 64.8 Å². The van der Waals surface area contributed by atoms with E-state index in [9.17, 15) is 4.79 Å². The first-order valence-electron chi connectivity index (χ1n) is 9.47. The van der Waals surface area contributed by atoms with Crippen LogP contribution in [0.15, 0.2) is 65.1 Å². The summed E-state index contributed by atoms with van der Waals surface area (Å²) in [6, 6.07) is 20.1. The second kappa shape index (κ2) is 8.33. The summed E-state index contributed by atoms with van der Waals surface area (Å²) in [5.74, 6) is 1.02. The normalized spacial score (nSPS) is 15.0. The lowest BCUT2D eigenvalue weighted by Gasteiger charge is -2.35. The standard InChI is InChI=1S/C23H23BrN2O2/c1-28-22-10-9-19(24)15-18(22)16-25-11-13-26(14-12-25)23(27)21-8-4-6-17-5-2-3-7-20(17)21/h2-10,15H,11-14,16H2,1H3. The van der Waals surface area contributed by atoms with Crippen LogP contribution in [-0.4, -0.2) is 49.0 Å². The van der Waals surface area contributed by atoms with Crippen molar-refractivity contribution in [3.8, 4) is 5.75 Å². The molecule has 1 amide bonds. The molecule has 0 atom stereocenters. The smallest absolute Gasteiger partial charge is 0.254 e. The number of piperazine rings is 1. The highest BCUT2D eigenvalue weighted by atomic mass is 79.9. The summed E-state index contributed by atoms with van der Waals surface area (Å²) in [6.07, 6.45) is 0. The Bertz CT molecular complexity index is 992. The first-order chi connectivity index (χ1) is 13.7. The summed E-state index contributed by atoms with van der Waals surface area (Å²) in [6.45, 7) is 3.99. The van der Waals surface area contributed by atoms with Crippen molar-refractivity contribution in [2.45, 2.75) is 6.54 Å². The Hall–Kier alpha value is -2.37. The zero-order chi connectivity index (χ0) is 19.5. The van der Waals surface area contributed by atoms with Crippen LogP contribution < -0.4 is 4.74 Å². The molecule has 3 aromatic carbocycles. The van der Waals surface area contributed by atoms with E-state index in [1.807, 2.05) is 47.4 Å². The van der Waals surface area contributed by atoms with Gasteiger partial charge in [0.15, 0.2) is 0 Å². The SMILES string of the molecule is COc1ccc(Br)cc1CN1CCN(C(=O)c2cccc3ccccc23)CC1. The lowest BCUT2D eigenvalue weighted by molar-refractivity contribution is 0.0629. The van der Waals surface area contributed by atoms with Crippen molar-refractivity contribution in [1.82, 2.24) is 9.80 Å². The van der Waals surface area contributed by atoms with Crippen LogP contribution in [0.2, 0.25) is 0 Å². The Labute approximate surface area is 173 Å². The van der Waals surface area contributed by atoms with Crippen molar-refractivity contribution in [2.24, 2.45) is 0 Å². The van der Waals surface area contributed by atoms with Gasteiger partial charge in [-0.15, -0.1) is 0 Å². The summed E-state index contributed by atoms with van der Waals surface area (Å²) in [5, 5.41) is 2.13. The maximum Gasteiger partial charge on any atom is 0.254 e. The summed E-state index contributed by atoms with van der Waals surface area (Å²) in [7, 11) is 1.70. The van der Waals surface area contributed by atoms with E-state index in [4.69, 9.17) is 4.74 Å². The lowest BCUT2D eigenvalue weighted by Crippen LogP contribution is -2.48. The Morgan fingerprint density at radius 2 is 1.75 bits per heavy atom.